The molecule has 5 nitrogen and oxygen atoms in total. The number of hydrogen-bond acceptors (Lipinski definition) is 3. The summed E-state index contributed by atoms with van der Waals surface area (Å²) in [6, 6.07) is 1.33. The number of likely N-dealkylation sites (tertiary alicyclic amines) is 1. The Balaban J connectivity index is 1.77. The Labute approximate surface area is 140 Å². The van der Waals surface area contributed by atoms with Crippen molar-refractivity contribution in [1.29, 1.82) is 0 Å². The summed E-state index contributed by atoms with van der Waals surface area (Å²) in [5.41, 5.74) is 0. The third-order valence-corrected chi connectivity index (χ3v) is 5.29. The van der Waals surface area contributed by atoms with Crippen LogP contribution in [0, 0.1) is 5.92 Å². The first-order chi connectivity index (χ1) is 10.9. The van der Waals surface area contributed by atoms with Gasteiger partial charge in [-0.25, -0.2) is 0 Å². The van der Waals surface area contributed by atoms with Gasteiger partial charge < -0.3 is 10.2 Å². The number of nitrogens with one attached hydrogen (secondary N) is 1. The van der Waals surface area contributed by atoms with E-state index in [1.54, 1.807) is 0 Å². The number of amides is 2. The summed E-state index contributed by atoms with van der Waals surface area (Å²) in [5.74, 6) is 0.0593. The molecule has 0 spiro atoms. The first kappa shape index (κ1) is 18.2. The van der Waals surface area contributed by atoms with E-state index in [-0.39, 0.29) is 17.7 Å². The summed E-state index contributed by atoms with van der Waals surface area (Å²) in [6.45, 7) is 10.8. The van der Waals surface area contributed by atoms with Crippen LogP contribution in [0.15, 0.2) is 0 Å². The molecule has 1 heterocycles. The molecular formula is C18H33N3O2. The van der Waals surface area contributed by atoms with E-state index in [4.69, 9.17) is 0 Å². The highest BCUT2D eigenvalue weighted by Crippen LogP contribution is 2.29. The van der Waals surface area contributed by atoms with Crippen LogP contribution < -0.4 is 5.32 Å². The topological polar surface area (TPSA) is 52.7 Å². The molecule has 1 saturated carbocycles. The lowest BCUT2D eigenvalue weighted by Gasteiger charge is -2.30. The van der Waals surface area contributed by atoms with Crippen molar-refractivity contribution < 1.29 is 9.59 Å². The minimum absolute atomic E-state index is 0.0475. The third-order valence-electron chi connectivity index (χ3n) is 5.29. The average Bonchev–Trinajstić information content (AvgIpc) is 3.11. The lowest BCUT2D eigenvalue weighted by Crippen LogP contribution is -2.44. The Morgan fingerprint density at radius 2 is 1.83 bits per heavy atom. The van der Waals surface area contributed by atoms with Crippen molar-refractivity contribution in [3.05, 3.63) is 0 Å². The van der Waals surface area contributed by atoms with Gasteiger partial charge in [0.1, 0.15) is 0 Å². The lowest BCUT2D eigenvalue weighted by atomic mass is 10.1. The number of hydrogen-bond donors (Lipinski definition) is 1. The molecule has 1 aliphatic carbocycles. The molecule has 2 amide bonds. The summed E-state index contributed by atoms with van der Waals surface area (Å²) >= 11 is 0. The van der Waals surface area contributed by atoms with Gasteiger partial charge in [0.15, 0.2) is 0 Å². The fourth-order valence-electron chi connectivity index (χ4n) is 4.04. The maximum absolute atomic E-state index is 12.4. The monoisotopic (exact) mass is 323 g/mol. The van der Waals surface area contributed by atoms with Crippen LogP contribution in [-0.2, 0) is 9.59 Å². The van der Waals surface area contributed by atoms with Gasteiger partial charge in [-0.3, -0.25) is 14.5 Å². The minimum Gasteiger partial charge on any atom is -0.355 e. The number of nitrogens with zero attached hydrogens (tertiary/aromatic N) is 2. The highest BCUT2D eigenvalue weighted by molar-refractivity contribution is 5.89. The van der Waals surface area contributed by atoms with Crippen LogP contribution in [0.3, 0.4) is 0 Å². The number of carbonyl (C=O) groups excluding carboxylic acids is 2. The Morgan fingerprint density at radius 1 is 1.22 bits per heavy atom. The second kappa shape index (κ2) is 8.13. The molecule has 0 bridgehead atoms. The second-order valence-electron chi connectivity index (χ2n) is 7.60. The van der Waals surface area contributed by atoms with Gasteiger partial charge in [0.05, 0.1) is 5.92 Å². The average molecular weight is 323 g/mol. The van der Waals surface area contributed by atoms with E-state index in [9.17, 15) is 9.59 Å². The lowest BCUT2D eigenvalue weighted by molar-refractivity contribution is -0.130. The maximum Gasteiger partial charge on any atom is 0.225 e. The van der Waals surface area contributed by atoms with E-state index in [0.29, 0.717) is 37.6 Å². The zero-order valence-corrected chi connectivity index (χ0v) is 15.2. The predicted molar refractivity (Wildman–Crippen MR) is 92.1 cm³/mol. The molecule has 1 saturated heterocycles. The Morgan fingerprint density at radius 3 is 2.39 bits per heavy atom. The van der Waals surface area contributed by atoms with Crippen LogP contribution in [-0.4, -0.2) is 59.4 Å². The van der Waals surface area contributed by atoms with Gasteiger partial charge in [-0.15, -0.1) is 0 Å². The summed E-state index contributed by atoms with van der Waals surface area (Å²) < 4.78 is 0. The Bertz CT molecular complexity index is 408. The van der Waals surface area contributed by atoms with Crippen LogP contribution in [0.25, 0.3) is 0 Å². The molecule has 2 rings (SSSR count). The molecule has 0 aromatic carbocycles. The third kappa shape index (κ3) is 4.69. The smallest absolute Gasteiger partial charge is 0.225 e. The highest BCUT2D eigenvalue weighted by Gasteiger charge is 2.38. The highest BCUT2D eigenvalue weighted by atomic mass is 16.2. The number of rotatable bonds is 7. The van der Waals surface area contributed by atoms with Crippen molar-refractivity contribution >= 4 is 11.8 Å². The van der Waals surface area contributed by atoms with Crippen molar-refractivity contribution in [2.75, 3.05) is 19.6 Å². The van der Waals surface area contributed by atoms with E-state index in [1.165, 1.54) is 12.8 Å². The SMILES string of the molecule is CC(C)N(CCNC(=O)C1CC(=O)N(C2CCCC2)C1)C(C)C. The molecule has 5 heteroatoms. The van der Waals surface area contributed by atoms with Crippen LogP contribution in [0.5, 0.6) is 0 Å². The van der Waals surface area contributed by atoms with E-state index in [2.05, 4.69) is 37.9 Å². The minimum atomic E-state index is -0.158. The van der Waals surface area contributed by atoms with Crippen LogP contribution in [0.4, 0.5) is 0 Å². The molecule has 132 valence electrons. The van der Waals surface area contributed by atoms with E-state index >= 15 is 0 Å². The summed E-state index contributed by atoms with van der Waals surface area (Å²) in [7, 11) is 0. The van der Waals surface area contributed by atoms with E-state index in [0.717, 1.165) is 19.4 Å². The quantitative estimate of drug-likeness (QED) is 0.780. The maximum atomic E-state index is 12.4. The zero-order valence-electron chi connectivity index (χ0n) is 15.2. The van der Waals surface area contributed by atoms with Crippen molar-refractivity contribution in [3.8, 4) is 0 Å². The van der Waals surface area contributed by atoms with Crippen molar-refractivity contribution in [3.63, 3.8) is 0 Å². The molecule has 23 heavy (non-hydrogen) atoms. The normalized spacial score (nSPS) is 22.8. The first-order valence-corrected chi connectivity index (χ1v) is 9.23. The predicted octanol–water partition coefficient (Wildman–Crippen LogP) is 2.01. The summed E-state index contributed by atoms with van der Waals surface area (Å²) in [5, 5.41) is 3.04. The van der Waals surface area contributed by atoms with Crippen LogP contribution in [0.1, 0.15) is 59.8 Å². The van der Waals surface area contributed by atoms with Gasteiger partial charge in [-0.05, 0) is 40.5 Å². The van der Waals surface area contributed by atoms with Gasteiger partial charge in [-0.2, -0.15) is 0 Å². The van der Waals surface area contributed by atoms with Gasteiger partial charge in [0, 0.05) is 44.2 Å². The Hall–Kier alpha value is -1.10. The fraction of sp³-hybridized carbons (Fsp3) is 0.889. The zero-order chi connectivity index (χ0) is 17.0. The van der Waals surface area contributed by atoms with Crippen molar-refractivity contribution in [1.82, 2.24) is 15.1 Å². The fourth-order valence-corrected chi connectivity index (χ4v) is 4.04. The molecule has 2 aliphatic rings. The molecule has 1 atom stereocenters. The van der Waals surface area contributed by atoms with Gasteiger partial charge >= 0.3 is 0 Å². The second-order valence-corrected chi connectivity index (χ2v) is 7.60. The summed E-state index contributed by atoms with van der Waals surface area (Å²) in [4.78, 5) is 28.9. The molecule has 1 N–H and O–H groups in total. The van der Waals surface area contributed by atoms with Crippen LogP contribution in [0.2, 0.25) is 0 Å². The van der Waals surface area contributed by atoms with Crippen molar-refractivity contribution in [2.45, 2.75) is 77.9 Å². The largest absolute Gasteiger partial charge is 0.355 e. The molecular weight excluding hydrogens is 290 g/mol. The van der Waals surface area contributed by atoms with Crippen LogP contribution >= 0.6 is 0 Å². The molecule has 0 aromatic heterocycles. The number of carbonyl (C=O) groups is 2. The van der Waals surface area contributed by atoms with Gasteiger partial charge in [0.25, 0.3) is 0 Å². The molecule has 1 unspecified atom stereocenters. The van der Waals surface area contributed by atoms with E-state index in [1.807, 2.05) is 4.90 Å². The van der Waals surface area contributed by atoms with Crippen molar-refractivity contribution in [2.24, 2.45) is 5.92 Å². The molecule has 2 fully saturated rings. The standard InChI is InChI=1S/C18H33N3O2/c1-13(2)20(14(3)4)10-9-19-18(23)15-11-17(22)21(12-15)16-7-5-6-8-16/h13-16H,5-12H2,1-4H3,(H,19,23). The van der Waals surface area contributed by atoms with E-state index < -0.39 is 0 Å². The Kier molecular flexibility index (Phi) is 6.45. The van der Waals surface area contributed by atoms with Gasteiger partial charge in [-0.1, -0.05) is 12.8 Å². The summed E-state index contributed by atoms with van der Waals surface area (Å²) in [6.07, 6.45) is 5.03. The van der Waals surface area contributed by atoms with Gasteiger partial charge in [0.2, 0.25) is 11.8 Å². The molecule has 0 aromatic rings. The molecule has 0 radical (unpaired) electrons. The molecule has 1 aliphatic heterocycles. The first-order valence-electron chi connectivity index (χ1n) is 9.23.